The first-order chi connectivity index (χ1) is 12.7. The Morgan fingerprint density at radius 3 is 2.96 bits per heavy atom. The van der Waals surface area contributed by atoms with Gasteiger partial charge in [0.2, 0.25) is 5.91 Å². The van der Waals surface area contributed by atoms with Crippen molar-refractivity contribution in [3.8, 4) is 0 Å². The lowest BCUT2D eigenvalue weighted by molar-refractivity contribution is -0.128. The molecule has 2 aromatic rings. The summed E-state index contributed by atoms with van der Waals surface area (Å²) in [6.07, 6.45) is 4.38. The second kappa shape index (κ2) is 7.74. The van der Waals surface area contributed by atoms with E-state index >= 15 is 0 Å². The molecule has 2 bridgehead atoms. The molecular formula is C20H22ClN3O2. The SMILES string of the molecule is O=C(NCc1cccnc1)C1CC2CN(Cc3cccc(Cl)c3)CC1O2. The van der Waals surface area contributed by atoms with Gasteiger partial charge in [0.05, 0.1) is 18.1 Å². The molecule has 3 atom stereocenters. The number of hydrogen-bond donors (Lipinski definition) is 1. The molecule has 6 heteroatoms. The van der Waals surface area contributed by atoms with Crippen LogP contribution in [0.3, 0.4) is 0 Å². The highest BCUT2D eigenvalue weighted by Crippen LogP contribution is 2.32. The van der Waals surface area contributed by atoms with E-state index in [4.69, 9.17) is 16.3 Å². The smallest absolute Gasteiger partial charge is 0.226 e. The average Bonchev–Trinajstić information content (AvgIpc) is 2.95. The molecule has 2 fully saturated rings. The van der Waals surface area contributed by atoms with Crippen molar-refractivity contribution in [1.29, 1.82) is 0 Å². The molecule has 1 amide bonds. The molecule has 3 heterocycles. The van der Waals surface area contributed by atoms with Gasteiger partial charge in [-0.05, 0) is 35.7 Å². The van der Waals surface area contributed by atoms with Crippen molar-refractivity contribution in [2.75, 3.05) is 13.1 Å². The molecule has 2 aliphatic rings. The lowest BCUT2D eigenvalue weighted by Gasteiger charge is -2.32. The van der Waals surface area contributed by atoms with Crippen LogP contribution in [0.4, 0.5) is 0 Å². The summed E-state index contributed by atoms with van der Waals surface area (Å²) in [7, 11) is 0. The number of amides is 1. The average molecular weight is 372 g/mol. The molecule has 5 nitrogen and oxygen atoms in total. The number of ether oxygens (including phenoxy) is 1. The fourth-order valence-electron chi connectivity index (χ4n) is 3.86. The monoisotopic (exact) mass is 371 g/mol. The number of morpholine rings is 1. The number of pyridine rings is 1. The zero-order valence-corrected chi connectivity index (χ0v) is 15.2. The number of carbonyl (C=O) groups is 1. The Morgan fingerprint density at radius 1 is 1.27 bits per heavy atom. The molecule has 3 unspecified atom stereocenters. The number of hydrogen-bond acceptors (Lipinski definition) is 4. The minimum absolute atomic E-state index is 0.0400. The third kappa shape index (κ3) is 4.06. The fourth-order valence-corrected chi connectivity index (χ4v) is 4.07. The Kier molecular flexibility index (Phi) is 5.20. The number of carbonyl (C=O) groups excluding carboxylic acids is 1. The van der Waals surface area contributed by atoms with Gasteiger partial charge in [0, 0.05) is 43.6 Å². The van der Waals surface area contributed by atoms with Gasteiger partial charge in [0.25, 0.3) is 0 Å². The number of likely N-dealkylation sites (tertiary alicyclic amines) is 1. The Bertz CT molecular complexity index is 771. The van der Waals surface area contributed by atoms with E-state index in [9.17, 15) is 4.79 Å². The van der Waals surface area contributed by atoms with Gasteiger partial charge >= 0.3 is 0 Å². The van der Waals surface area contributed by atoms with Gasteiger partial charge in [-0.1, -0.05) is 29.8 Å². The molecule has 0 spiro atoms. The molecule has 0 saturated carbocycles. The summed E-state index contributed by atoms with van der Waals surface area (Å²) in [5.74, 6) is -0.00742. The first kappa shape index (κ1) is 17.5. The molecule has 2 aliphatic heterocycles. The topological polar surface area (TPSA) is 54.5 Å². The minimum Gasteiger partial charge on any atom is -0.371 e. The van der Waals surface area contributed by atoms with Crippen molar-refractivity contribution < 1.29 is 9.53 Å². The number of halogens is 1. The van der Waals surface area contributed by atoms with Crippen LogP contribution in [0, 0.1) is 5.92 Å². The zero-order chi connectivity index (χ0) is 17.9. The van der Waals surface area contributed by atoms with E-state index < -0.39 is 0 Å². The lowest BCUT2D eigenvalue weighted by atomic mass is 9.99. The number of nitrogens with zero attached hydrogens (tertiary/aromatic N) is 2. The van der Waals surface area contributed by atoms with Crippen LogP contribution in [0.15, 0.2) is 48.8 Å². The largest absolute Gasteiger partial charge is 0.371 e. The number of fused-ring (bicyclic) bond motifs is 2. The Balaban J connectivity index is 1.34. The maximum absolute atomic E-state index is 12.6. The van der Waals surface area contributed by atoms with Crippen molar-refractivity contribution in [3.05, 3.63) is 64.9 Å². The van der Waals surface area contributed by atoms with E-state index in [2.05, 4.69) is 21.3 Å². The fraction of sp³-hybridized carbons (Fsp3) is 0.400. The summed E-state index contributed by atoms with van der Waals surface area (Å²) >= 11 is 6.08. The maximum atomic E-state index is 12.6. The van der Waals surface area contributed by atoms with Crippen molar-refractivity contribution in [2.24, 2.45) is 5.92 Å². The van der Waals surface area contributed by atoms with Crippen LogP contribution in [0.5, 0.6) is 0 Å². The second-order valence-corrected chi connectivity index (χ2v) is 7.48. The van der Waals surface area contributed by atoms with Gasteiger partial charge in [0.1, 0.15) is 0 Å². The van der Waals surface area contributed by atoms with E-state index in [1.165, 1.54) is 5.56 Å². The van der Waals surface area contributed by atoms with Crippen LogP contribution >= 0.6 is 11.6 Å². The van der Waals surface area contributed by atoms with E-state index in [-0.39, 0.29) is 24.0 Å². The Labute approximate surface area is 158 Å². The molecule has 2 saturated heterocycles. The molecule has 1 N–H and O–H groups in total. The quantitative estimate of drug-likeness (QED) is 0.877. The van der Waals surface area contributed by atoms with E-state index in [0.29, 0.717) is 6.54 Å². The van der Waals surface area contributed by atoms with Gasteiger partial charge < -0.3 is 10.1 Å². The summed E-state index contributed by atoms with van der Waals surface area (Å²) in [5, 5.41) is 3.79. The van der Waals surface area contributed by atoms with Crippen molar-refractivity contribution in [3.63, 3.8) is 0 Å². The van der Waals surface area contributed by atoms with Gasteiger partial charge in [-0.3, -0.25) is 14.7 Å². The third-order valence-corrected chi connectivity index (χ3v) is 5.29. The molecule has 0 radical (unpaired) electrons. The normalized spacial score (nSPS) is 25.2. The van der Waals surface area contributed by atoms with Crippen molar-refractivity contribution >= 4 is 17.5 Å². The molecule has 4 rings (SSSR count). The predicted octanol–water partition coefficient (Wildman–Crippen LogP) is 2.64. The van der Waals surface area contributed by atoms with E-state index in [1.807, 2.05) is 30.3 Å². The van der Waals surface area contributed by atoms with E-state index in [1.54, 1.807) is 12.4 Å². The van der Waals surface area contributed by atoms with Crippen molar-refractivity contribution in [2.45, 2.75) is 31.7 Å². The highest BCUT2D eigenvalue weighted by molar-refractivity contribution is 6.30. The summed E-state index contributed by atoms with van der Waals surface area (Å²) in [6.45, 7) is 2.97. The van der Waals surface area contributed by atoms with E-state index in [0.717, 1.165) is 36.6 Å². The molecular weight excluding hydrogens is 350 g/mol. The third-order valence-electron chi connectivity index (χ3n) is 5.05. The van der Waals surface area contributed by atoms with Crippen molar-refractivity contribution in [1.82, 2.24) is 15.2 Å². The van der Waals surface area contributed by atoms with Gasteiger partial charge in [0.15, 0.2) is 0 Å². The second-order valence-electron chi connectivity index (χ2n) is 7.04. The van der Waals surface area contributed by atoms with Gasteiger partial charge in [-0.15, -0.1) is 0 Å². The first-order valence-electron chi connectivity index (χ1n) is 8.96. The highest BCUT2D eigenvalue weighted by atomic mass is 35.5. The molecule has 136 valence electrons. The van der Waals surface area contributed by atoms with Gasteiger partial charge in [-0.25, -0.2) is 0 Å². The van der Waals surface area contributed by atoms with Crippen LogP contribution in [-0.2, 0) is 22.6 Å². The van der Waals surface area contributed by atoms with Crippen LogP contribution in [0.2, 0.25) is 5.02 Å². The minimum atomic E-state index is -0.0824. The predicted molar refractivity (Wildman–Crippen MR) is 99.6 cm³/mol. The first-order valence-corrected chi connectivity index (χ1v) is 9.34. The van der Waals surface area contributed by atoms with Crippen LogP contribution in [0.25, 0.3) is 0 Å². The number of aromatic nitrogens is 1. The highest BCUT2D eigenvalue weighted by Gasteiger charge is 2.44. The summed E-state index contributed by atoms with van der Waals surface area (Å²) in [5.41, 5.74) is 2.20. The molecule has 0 aliphatic carbocycles. The number of nitrogens with one attached hydrogen (secondary N) is 1. The number of rotatable bonds is 5. The summed E-state index contributed by atoms with van der Waals surface area (Å²) in [4.78, 5) is 19.1. The summed E-state index contributed by atoms with van der Waals surface area (Å²) < 4.78 is 6.03. The van der Waals surface area contributed by atoms with Crippen LogP contribution in [-0.4, -0.2) is 41.1 Å². The van der Waals surface area contributed by atoms with Gasteiger partial charge in [-0.2, -0.15) is 0 Å². The zero-order valence-electron chi connectivity index (χ0n) is 14.5. The Hall–Kier alpha value is -1.95. The van der Waals surface area contributed by atoms with Crippen LogP contribution in [0.1, 0.15) is 17.5 Å². The molecule has 1 aromatic heterocycles. The summed E-state index contributed by atoms with van der Waals surface area (Å²) in [6, 6.07) is 11.8. The molecule has 26 heavy (non-hydrogen) atoms. The standard InChI is InChI=1S/C20H22ClN3O2/c21-16-5-1-3-14(7-16)11-24-12-17-8-18(19(13-24)26-17)20(25)23-10-15-4-2-6-22-9-15/h1-7,9,17-19H,8,10-13H2,(H,23,25). The lowest BCUT2D eigenvalue weighted by Crippen LogP contribution is -2.44. The Morgan fingerprint density at radius 2 is 2.15 bits per heavy atom. The maximum Gasteiger partial charge on any atom is 0.226 e. The molecule has 1 aromatic carbocycles. The van der Waals surface area contributed by atoms with Crippen LogP contribution < -0.4 is 5.32 Å². The number of benzene rings is 1.